The zero-order valence-electron chi connectivity index (χ0n) is 31.3. The highest BCUT2D eigenvalue weighted by atomic mass is 35.5. The van der Waals surface area contributed by atoms with Gasteiger partial charge in [-0.05, 0) is 89.6 Å². The van der Waals surface area contributed by atoms with Gasteiger partial charge in [0.15, 0.2) is 5.75 Å². The lowest BCUT2D eigenvalue weighted by Crippen LogP contribution is -2.47. The molecule has 290 valence electrons. The molecule has 1 aromatic heterocycles. The zero-order valence-corrected chi connectivity index (χ0v) is 34.5. The van der Waals surface area contributed by atoms with Gasteiger partial charge in [0.1, 0.15) is 12.4 Å². The number of pyridine rings is 1. The third-order valence-corrected chi connectivity index (χ3v) is 10.0. The van der Waals surface area contributed by atoms with Crippen LogP contribution in [0.2, 0.25) is 10.0 Å². The molecule has 2 heterocycles. The van der Waals surface area contributed by atoms with E-state index in [1.54, 1.807) is 36.5 Å². The number of ether oxygens (including phenoxy) is 2. The number of rotatable bonds is 14. The second-order valence-corrected chi connectivity index (χ2v) is 14.5. The minimum atomic E-state index is -0.00590. The number of benzene rings is 4. The highest BCUT2D eigenvalue weighted by Crippen LogP contribution is 2.34. The quantitative estimate of drug-likeness (QED) is 0.113. The monoisotopic (exact) mass is 820 g/mol. The van der Waals surface area contributed by atoms with Gasteiger partial charge in [0.05, 0.1) is 11.2 Å². The Hall–Kier alpha value is -4.24. The molecule has 0 radical (unpaired) electrons. The van der Waals surface area contributed by atoms with Crippen LogP contribution in [0.4, 0.5) is 5.69 Å². The second kappa shape index (κ2) is 21.2. The molecule has 5 aromatic rings. The van der Waals surface area contributed by atoms with E-state index in [1.165, 1.54) is 16.7 Å². The van der Waals surface area contributed by atoms with Gasteiger partial charge in [0, 0.05) is 67.7 Å². The molecule has 7 nitrogen and oxygen atoms in total. The van der Waals surface area contributed by atoms with E-state index in [1.807, 2.05) is 42.2 Å². The molecule has 0 saturated carbocycles. The Morgan fingerprint density at radius 3 is 2.24 bits per heavy atom. The molecule has 0 aliphatic carbocycles. The van der Waals surface area contributed by atoms with E-state index in [0.717, 1.165) is 55.0 Å². The fourth-order valence-corrected chi connectivity index (χ4v) is 6.69. The smallest absolute Gasteiger partial charge is 0.246 e. The Bertz CT molecular complexity index is 1980. The van der Waals surface area contributed by atoms with Crippen molar-refractivity contribution < 1.29 is 14.3 Å². The van der Waals surface area contributed by atoms with Crippen molar-refractivity contribution in [3.63, 3.8) is 0 Å². The third kappa shape index (κ3) is 12.6. The molecule has 0 atom stereocenters. The van der Waals surface area contributed by atoms with E-state index in [-0.39, 0.29) is 30.7 Å². The van der Waals surface area contributed by atoms with Crippen molar-refractivity contribution in [3.8, 4) is 17.4 Å². The van der Waals surface area contributed by atoms with Gasteiger partial charge in [-0.25, -0.2) is 4.98 Å². The third-order valence-electron chi connectivity index (χ3n) is 9.37. The lowest BCUT2D eigenvalue weighted by Gasteiger charge is -2.34. The summed E-state index contributed by atoms with van der Waals surface area (Å²) in [6.07, 6.45) is 6.00. The molecular formula is C44H48Cl4N4O3. The summed E-state index contributed by atoms with van der Waals surface area (Å²) in [7, 11) is 0. The predicted molar refractivity (Wildman–Crippen MR) is 231 cm³/mol. The first-order chi connectivity index (χ1) is 25.7. The number of aromatic nitrogens is 1. The van der Waals surface area contributed by atoms with Crippen molar-refractivity contribution in [1.29, 1.82) is 0 Å². The van der Waals surface area contributed by atoms with Crippen LogP contribution in [0, 0.1) is 6.92 Å². The van der Waals surface area contributed by atoms with Crippen LogP contribution in [0.1, 0.15) is 53.1 Å². The van der Waals surface area contributed by atoms with Crippen LogP contribution in [0.15, 0.2) is 109 Å². The zero-order chi connectivity index (χ0) is 37.2. The van der Waals surface area contributed by atoms with E-state index in [9.17, 15) is 4.79 Å². The summed E-state index contributed by atoms with van der Waals surface area (Å²) in [6, 6.07) is 32.4. The molecule has 0 unspecified atom stereocenters. The van der Waals surface area contributed by atoms with Gasteiger partial charge in [-0.3, -0.25) is 9.69 Å². The molecule has 4 aromatic carbocycles. The van der Waals surface area contributed by atoms with Gasteiger partial charge in [0.25, 0.3) is 0 Å². The van der Waals surface area contributed by atoms with E-state index in [0.29, 0.717) is 53.0 Å². The first kappa shape index (κ1) is 43.5. The lowest BCUT2D eigenvalue weighted by atomic mass is 10.0. The molecule has 1 amide bonds. The number of nitrogens with zero attached hydrogens (tertiary/aromatic N) is 3. The van der Waals surface area contributed by atoms with Crippen molar-refractivity contribution in [2.75, 3.05) is 38.0 Å². The first-order valence-corrected chi connectivity index (χ1v) is 18.9. The molecule has 1 fully saturated rings. The molecule has 1 N–H and O–H groups in total. The van der Waals surface area contributed by atoms with Gasteiger partial charge in [-0.15, -0.1) is 24.8 Å². The number of halogens is 4. The summed E-state index contributed by atoms with van der Waals surface area (Å²) >= 11 is 12.9. The average molecular weight is 823 g/mol. The van der Waals surface area contributed by atoms with Crippen molar-refractivity contribution in [1.82, 2.24) is 14.8 Å². The van der Waals surface area contributed by atoms with Crippen molar-refractivity contribution in [3.05, 3.63) is 153 Å². The van der Waals surface area contributed by atoms with Gasteiger partial charge in [-0.2, -0.15) is 0 Å². The maximum absolute atomic E-state index is 13.1. The molecular weight excluding hydrogens is 774 g/mol. The summed E-state index contributed by atoms with van der Waals surface area (Å²) in [5.74, 6) is 2.04. The summed E-state index contributed by atoms with van der Waals surface area (Å²) in [4.78, 5) is 21.8. The van der Waals surface area contributed by atoms with Crippen molar-refractivity contribution in [2.45, 2.75) is 46.3 Å². The lowest BCUT2D eigenvalue weighted by molar-refractivity contribution is -0.127. The number of piperazine rings is 1. The van der Waals surface area contributed by atoms with Crippen LogP contribution in [-0.2, 0) is 24.4 Å². The number of carbonyl (C=O) groups excluding carboxylic acids is 1. The van der Waals surface area contributed by atoms with Crippen molar-refractivity contribution >= 4 is 65.7 Å². The Balaban J connectivity index is 0.00000336. The maximum Gasteiger partial charge on any atom is 0.246 e. The predicted octanol–water partition coefficient (Wildman–Crippen LogP) is 11.0. The second-order valence-electron chi connectivity index (χ2n) is 13.7. The highest BCUT2D eigenvalue weighted by Gasteiger charge is 2.20. The molecule has 0 bridgehead atoms. The van der Waals surface area contributed by atoms with Crippen LogP contribution >= 0.6 is 48.0 Å². The van der Waals surface area contributed by atoms with Crippen LogP contribution < -0.4 is 14.8 Å². The molecule has 6 rings (SSSR count). The molecule has 0 spiro atoms. The number of anilines is 1. The van der Waals surface area contributed by atoms with Crippen LogP contribution in [-0.4, -0.2) is 53.4 Å². The van der Waals surface area contributed by atoms with Gasteiger partial charge in [-0.1, -0.05) is 91.6 Å². The van der Waals surface area contributed by atoms with Crippen LogP contribution in [0.3, 0.4) is 0 Å². The molecule has 1 saturated heterocycles. The number of amides is 1. The minimum Gasteiger partial charge on any atom is -0.487 e. The standard InChI is InChI=1S/C44H46Cl2N4O3.2ClH/c1-31(2)36-13-15-38(16-14-36)47-21-20-33-8-10-34(11-9-33)29-49-22-24-50(25-23-49)43(51)19-12-35-26-32(3)44(41(46)27-35)53-42-18-17-39(28-48-42)52-30-37-6-4-5-7-40(37)45;;/h4-19,26-28,31,47H,20-25,29-30H2,1-3H3;2*1H/b19-12+;;. The summed E-state index contributed by atoms with van der Waals surface area (Å²) in [5, 5.41) is 4.62. The Morgan fingerprint density at radius 1 is 0.873 bits per heavy atom. The molecule has 1 aliphatic rings. The Labute approximate surface area is 347 Å². The minimum absolute atomic E-state index is 0. The Kier molecular flexibility index (Phi) is 16.7. The average Bonchev–Trinajstić information content (AvgIpc) is 3.16. The van der Waals surface area contributed by atoms with Crippen LogP contribution in [0.25, 0.3) is 6.08 Å². The number of hydrogen-bond acceptors (Lipinski definition) is 6. The van der Waals surface area contributed by atoms with E-state index < -0.39 is 0 Å². The normalized spacial score (nSPS) is 12.9. The first-order valence-electron chi connectivity index (χ1n) is 18.1. The summed E-state index contributed by atoms with van der Waals surface area (Å²) in [6.45, 7) is 11.5. The number of nitrogens with one attached hydrogen (secondary N) is 1. The summed E-state index contributed by atoms with van der Waals surface area (Å²) < 4.78 is 11.8. The molecule has 1 aliphatic heterocycles. The fourth-order valence-electron chi connectivity index (χ4n) is 6.18. The van der Waals surface area contributed by atoms with E-state index >= 15 is 0 Å². The van der Waals surface area contributed by atoms with E-state index in [2.05, 4.69) is 77.6 Å². The number of aryl methyl sites for hydroxylation is 1. The van der Waals surface area contributed by atoms with Crippen LogP contribution in [0.5, 0.6) is 17.4 Å². The fraction of sp³-hybridized carbons (Fsp3) is 0.273. The highest BCUT2D eigenvalue weighted by molar-refractivity contribution is 6.32. The number of carbonyl (C=O) groups is 1. The largest absolute Gasteiger partial charge is 0.487 e. The summed E-state index contributed by atoms with van der Waals surface area (Å²) in [5.41, 5.74) is 7.67. The van der Waals surface area contributed by atoms with Gasteiger partial charge >= 0.3 is 0 Å². The molecule has 11 heteroatoms. The van der Waals surface area contributed by atoms with Crippen molar-refractivity contribution in [2.24, 2.45) is 0 Å². The van der Waals surface area contributed by atoms with E-state index in [4.69, 9.17) is 32.7 Å². The van der Waals surface area contributed by atoms with Gasteiger partial charge < -0.3 is 19.7 Å². The topological polar surface area (TPSA) is 66.9 Å². The molecule has 55 heavy (non-hydrogen) atoms. The number of hydrogen-bond donors (Lipinski definition) is 1. The van der Waals surface area contributed by atoms with Gasteiger partial charge in [0.2, 0.25) is 11.8 Å². The SMILES string of the molecule is Cc1cc(/C=C/C(=O)N2CCN(Cc3ccc(CCNc4ccc(C(C)C)cc4)cc3)CC2)cc(Cl)c1Oc1ccc(OCc2ccccc2Cl)cn1.Cl.Cl. The Morgan fingerprint density at radius 2 is 1.58 bits per heavy atom. The maximum atomic E-state index is 13.1.